The van der Waals surface area contributed by atoms with Gasteiger partial charge in [0.05, 0.1) is 12.3 Å². The third-order valence-electron chi connectivity index (χ3n) is 5.52. The van der Waals surface area contributed by atoms with E-state index < -0.39 is 0 Å². The first kappa shape index (κ1) is 21.5. The average Bonchev–Trinajstić information content (AvgIpc) is 2.78. The standard InChI is InChI=1S/C23H26ClN3O4/c1-2-30-19-6-3-17(4-7-19)14-25-9-11-26(12-10-25)22(28)15-27-20-13-18(24)5-8-21(20)31-16-23(27)29/h3-8,13H,2,9-12,14-16H2,1H3. The van der Waals surface area contributed by atoms with Crippen molar-refractivity contribution in [1.82, 2.24) is 9.80 Å². The SMILES string of the molecule is CCOc1ccc(CN2CCN(C(=O)CN3C(=O)COc4ccc(Cl)cc43)CC2)cc1. The van der Waals surface area contributed by atoms with E-state index in [9.17, 15) is 9.59 Å². The van der Waals surface area contributed by atoms with Crippen LogP contribution in [0.1, 0.15) is 12.5 Å². The number of halogens is 1. The Kier molecular flexibility index (Phi) is 6.63. The van der Waals surface area contributed by atoms with Gasteiger partial charge in [-0.25, -0.2) is 0 Å². The predicted octanol–water partition coefficient (Wildman–Crippen LogP) is 2.81. The Bertz CT molecular complexity index is 942. The molecular formula is C23H26ClN3O4. The van der Waals surface area contributed by atoms with E-state index in [0.29, 0.717) is 36.2 Å². The van der Waals surface area contributed by atoms with Crippen molar-refractivity contribution in [3.63, 3.8) is 0 Å². The number of carbonyl (C=O) groups excluding carboxylic acids is 2. The van der Waals surface area contributed by atoms with Gasteiger partial charge in [-0.15, -0.1) is 0 Å². The number of carbonyl (C=O) groups is 2. The molecular weight excluding hydrogens is 418 g/mol. The second kappa shape index (κ2) is 9.58. The summed E-state index contributed by atoms with van der Waals surface area (Å²) in [7, 11) is 0. The maximum Gasteiger partial charge on any atom is 0.265 e. The molecule has 164 valence electrons. The molecule has 0 unspecified atom stereocenters. The average molecular weight is 444 g/mol. The molecule has 8 heteroatoms. The van der Waals surface area contributed by atoms with E-state index in [1.54, 1.807) is 18.2 Å². The van der Waals surface area contributed by atoms with Crippen molar-refractivity contribution in [2.75, 3.05) is 50.8 Å². The van der Waals surface area contributed by atoms with Crippen molar-refractivity contribution < 1.29 is 19.1 Å². The van der Waals surface area contributed by atoms with E-state index >= 15 is 0 Å². The molecule has 7 nitrogen and oxygen atoms in total. The number of anilines is 1. The molecule has 0 aliphatic carbocycles. The first-order valence-electron chi connectivity index (χ1n) is 10.5. The van der Waals surface area contributed by atoms with Crippen LogP contribution in [0.15, 0.2) is 42.5 Å². The van der Waals surface area contributed by atoms with Crippen molar-refractivity contribution in [2.24, 2.45) is 0 Å². The van der Waals surface area contributed by atoms with Gasteiger partial charge in [-0.05, 0) is 42.8 Å². The van der Waals surface area contributed by atoms with Gasteiger partial charge in [0.15, 0.2) is 6.61 Å². The van der Waals surface area contributed by atoms with Crippen LogP contribution in [0.5, 0.6) is 11.5 Å². The summed E-state index contributed by atoms with van der Waals surface area (Å²) in [5, 5.41) is 0.498. The fraction of sp³-hybridized carbons (Fsp3) is 0.391. The zero-order valence-electron chi connectivity index (χ0n) is 17.6. The third-order valence-corrected chi connectivity index (χ3v) is 5.76. The molecule has 2 aromatic rings. The fourth-order valence-electron chi connectivity index (χ4n) is 3.86. The fourth-order valence-corrected chi connectivity index (χ4v) is 4.02. The molecule has 0 bridgehead atoms. The molecule has 2 aliphatic heterocycles. The lowest BCUT2D eigenvalue weighted by atomic mass is 10.2. The highest BCUT2D eigenvalue weighted by Gasteiger charge is 2.30. The second-order valence-electron chi connectivity index (χ2n) is 7.61. The lowest BCUT2D eigenvalue weighted by molar-refractivity contribution is -0.133. The summed E-state index contributed by atoms with van der Waals surface area (Å²) in [6.07, 6.45) is 0. The molecule has 2 aliphatic rings. The molecule has 0 saturated carbocycles. The number of nitrogens with zero attached hydrogens (tertiary/aromatic N) is 3. The predicted molar refractivity (Wildman–Crippen MR) is 119 cm³/mol. The van der Waals surface area contributed by atoms with Crippen LogP contribution in [0, 0.1) is 0 Å². The van der Waals surface area contributed by atoms with Gasteiger partial charge in [-0.3, -0.25) is 19.4 Å². The highest BCUT2D eigenvalue weighted by Crippen LogP contribution is 2.34. The Balaban J connectivity index is 1.31. The number of hydrogen-bond donors (Lipinski definition) is 0. The number of rotatable bonds is 6. The minimum absolute atomic E-state index is 0.00553. The largest absolute Gasteiger partial charge is 0.494 e. The van der Waals surface area contributed by atoms with Crippen LogP contribution in [0.4, 0.5) is 5.69 Å². The quantitative estimate of drug-likeness (QED) is 0.687. The highest BCUT2D eigenvalue weighted by molar-refractivity contribution is 6.31. The van der Waals surface area contributed by atoms with Crippen molar-refractivity contribution in [2.45, 2.75) is 13.5 Å². The maximum atomic E-state index is 12.9. The van der Waals surface area contributed by atoms with Crippen LogP contribution in [0.25, 0.3) is 0 Å². The highest BCUT2D eigenvalue weighted by atomic mass is 35.5. The van der Waals surface area contributed by atoms with Crippen molar-refractivity contribution >= 4 is 29.1 Å². The summed E-state index contributed by atoms with van der Waals surface area (Å²) in [5.41, 5.74) is 1.77. The number of hydrogen-bond acceptors (Lipinski definition) is 5. The number of amides is 2. The van der Waals surface area contributed by atoms with Crippen LogP contribution < -0.4 is 14.4 Å². The van der Waals surface area contributed by atoms with Crippen LogP contribution in [0.2, 0.25) is 5.02 Å². The summed E-state index contributed by atoms with van der Waals surface area (Å²) < 4.78 is 10.9. The molecule has 0 N–H and O–H groups in total. The van der Waals surface area contributed by atoms with Gasteiger partial charge in [0.1, 0.15) is 18.0 Å². The van der Waals surface area contributed by atoms with Gasteiger partial charge in [0.25, 0.3) is 5.91 Å². The van der Waals surface area contributed by atoms with Crippen molar-refractivity contribution in [3.8, 4) is 11.5 Å². The van der Waals surface area contributed by atoms with Crippen LogP contribution in [-0.2, 0) is 16.1 Å². The Labute approximate surface area is 187 Å². The van der Waals surface area contributed by atoms with Gasteiger partial charge in [0.2, 0.25) is 5.91 Å². The molecule has 0 spiro atoms. The molecule has 2 heterocycles. The van der Waals surface area contributed by atoms with E-state index in [2.05, 4.69) is 17.0 Å². The van der Waals surface area contributed by atoms with E-state index in [0.717, 1.165) is 25.4 Å². The molecule has 0 aromatic heterocycles. The minimum Gasteiger partial charge on any atom is -0.494 e. The summed E-state index contributed by atoms with van der Waals surface area (Å²) >= 11 is 6.08. The molecule has 0 radical (unpaired) electrons. The number of benzene rings is 2. The monoisotopic (exact) mass is 443 g/mol. The summed E-state index contributed by atoms with van der Waals surface area (Å²) in [5.74, 6) is 1.14. The van der Waals surface area contributed by atoms with Gasteiger partial charge in [-0.1, -0.05) is 23.7 Å². The van der Waals surface area contributed by atoms with Crippen LogP contribution in [-0.4, -0.2) is 67.6 Å². The Morgan fingerprint density at radius 3 is 2.55 bits per heavy atom. The molecule has 1 fully saturated rings. The van der Waals surface area contributed by atoms with Crippen molar-refractivity contribution in [3.05, 3.63) is 53.1 Å². The van der Waals surface area contributed by atoms with E-state index in [4.69, 9.17) is 21.1 Å². The Morgan fingerprint density at radius 2 is 1.84 bits per heavy atom. The normalized spacial score (nSPS) is 16.6. The summed E-state index contributed by atoms with van der Waals surface area (Å²) in [6, 6.07) is 13.2. The van der Waals surface area contributed by atoms with Crippen LogP contribution >= 0.6 is 11.6 Å². The van der Waals surface area contributed by atoms with Gasteiger partial charge in [-0.2, -0.15) is 0 Å². The topological polar surface area (TPSA) is 62.3 Å². The lowest BCUT2D eigenvalue weighted by Gasteiger charge is -2.36. The number of fused-ring (bicyclic) bond motifs is 1. The Hall–Kier alpha value is -2.77. The first-order chi connectivity index (χ1) is 15.0. The maximum absolute atomic E-state index is 12.9. The smallest absolute Gasteiger partial charge is 0.265 e. The van der Waals surface area contributed by atoms with E-state index in [1.807, 2.05) is 24.0 Å². The molecule has 1 saturated heterocycles. The van der Waals surface area contributed by atoms with Crippen LogP contribution in [0.3, 0.4) is 0 Å². The number of piperazine rings is 1. The van der Waals surface area contributed by atoms with Crippen molar-refractivity contribution in [1.29, 1.82) is 0 Å². The zero-order valence-corrected chi connectivity index (χ0v) is 18.3. The first-order valence-corrected chi connectivity index (χ1v) is 10.9. The second-order valence-corrected chi connectivity index (χ2v) is 8.05. The lowest BCUT2D eigenvalue weighted by Crippen LogP contribution is -2.52. The zero-order chi connectivity index (χ0) is 21.8. The van der Waals surface area contributed by atoms with Gasteiger partial charge < -0.3 is 14.4 Å². The Morgan fingerprint density at radius 1 is 1.10 bits per heavy atom. The van der Waals surface area contributed by atoms with Gasteiger partial charge in [0, 0.05) is 37.7 Å². The van der Waals surface area contributed by atoms with E-state index in [-0.39, 0.29) is 25.0 Å². The minimum atomic E-state index is -0.239. The van der Waals surface area contributed by atoms with E-state index in [1.165, 1.54) is 10.5 Å². The molecule has 2 aromatic carbocycles. The molecule has 4 rings (SSSR count). The van der Waals surface area contributed by atoms with Gasteiger partial charge >= 0.3 is 0 Å². The summed E-state index contributed by atoms with van der Waals surface area (Å²) in [6.45, 7) is 6.24. The third kappa shape index (κ3) is 5.11. The molecule has 31 heavy (non-hydrogen) atoms. The summed E-state index contributed by atoms with van der Waals surface area (Å²) in [4.78, 5) is 30.9. The number of ether oxygens (including phenoxy) is 2. The molecule has 0 atom stereocenters. The molecule has 2 amide bonds.